The zero-order valence-electron chi connectivity index (χ0n) is 26.0. The normalized spacial score (nSPS) is 40.8. The zero-order chi connectivity index (χ0) is 29.0. The molecule has 0 radical (unpaired) electrons. The fourth-order valence-corrected chi connectivity index (χ4v) is 10.5. The summed E-state index contributed by atoms with van der Waals surface area (Å²) in [6.45, 7) is 15.7. The number of ether oxygens (including phenoxy) is 3. The lowest BCUT2D eigenvalue weighted by molar-refractivity contribution is -0.167. The van der Waals surface area contributed by atoms with E-state index in [2.05, 4.69) is 40.7 Å². The smallest absolute Gasteiger partial charge is 0.340 e. The summed E-state index contributed by atoms with van der Waals surface area (Å²) in [7, 11) is 0. The largest absolute Gasteiger partial charge is 0.463 e. The summed E-state index contributed by atoms with van der Waals surface area (Å²) in [5, 5.41) is 0. The van der Waals surface area contributed by atoms with Gasteiger partial charge in [-0.3, -0.25) is 4.79 Å². The molecule has 0 amide bonds. The minimum Gasteiger partial charge on any atom is -0.463 e. The highest BCUT2D eigenvalue weighted by atomic mass is 16.5. The number of carbonyl (C=O) groups is 2. The quantitative estimate of drug-likeness (QED) is 0.317. The Morgan fingerprint density at radius 2 is 1.82 bits per heavy atom. The Kier molecular flexibility index (Phi) is 7.89. The fourth-order valence-electron chi connectivity index (χ4n) is 10.5. The van der Waals surface area contributed by atoms with Gasteiger partial charge < -0.3 is 19.9 Å². The van der Waals surface area contributed by atoms with Crippen molar-refractivity contribution >= 4 is 11.9 Å². The van der Waals surface area contributed by atoms with E-state index in [-0.39, 0.29) is 35.4 Å². The first kappa shape index (κ1) is 29.5. The highest BCUT2D eigenvalue weighted by molar-refractivity contribution is 5.92. The molecule has 0 saturated heterocycles. The lowest BCUT2D eigenvalue weighted by Gasteiger charge is -2.65. The van der Waals surface area contributed by atoms with Crippen molar-refractivity contribution in [3.63, 3.8) is 0 Å². The average Bonchev–Trinajstić information content (AvgIpc) is 3.21. The third-order valence-corrected chi connectivity index (χ3v) is 12.3. The van der Waals surface area contributed by atoms with Gasteiger partial charge in [-0.15, -0.1) is 0 Å². The molecule has 3 saturated carbocycles. The predicted octanol–water partition coefficient (Wildman–Crippen LogP) is 7.28. The van der Waals surface area contributed by atoms with Crippen molar-refractivity contribution < 1.29 is 23.8 Å². The number of nitrogens with two attached hydrogens (primary N) is 1. The molecule has 0 aromatic heterocycles. The second kappa shape index (κ2) is 10.7. The Bertz CT molecular complexity index is 1080. The molecule has 1 aliphatic heterocycles. The van der Waals surface area contributed by atoms with Crippen LogP contribution in [0.15, 0.2) is 23.3 Å². The van der Waals surface area contributed by atoms with Crippen LogP contribution in [0.5, 0.6) is 0 Å². The summed E-state index contributed by atoms with van der Waals surface area (Å²) in [5.41, 5.74) is 6.53. The van der Waals surface area contributed by atoms with E-state index in [1.807, 2.05) is 6.92 Å². The van der Waals surface area contributed by atoms with Crippen molar-refractivity contribution in [2.75, 3.05) is 6.61 Å². The number of allylic oxidation sites excluding steroid dienone is 2. The molecule has 2 bridgehead atoms. The summed E-state index contributed by atoms with van der Waals surface area (Å²) >= 11 is 0. The maximum Gasteiger partial charge on any atom is 0.340 e. The van der Waals surface area contributed by atoms with Gasteiger partial charge in [-0.05, 0) is 98.4 Å². The number of carbonyl (C=O) groups excluding carboxylic acids is 2. The van der Waals surface area contributed by atoms with Gasteiger partial charge in [0.05, 0.1) is 6.61 Å². The Labute approximate surface area is 241 Å². The molecule has 5 rings (SSSR count). The van der Waals surface area contributed by atoms with E-state index in [0.29, 0.717) is 29.7 Å². The minimum atomic E-state index is -0.660. The number of fused-ring (bicyclic) bond motifs is 5. The van der Waals surface area contributed by atoms with Crippen LogP contribution in [0, 0.1) is 51.8 Å². The van der Waals surface area contributed by atoms with E-state index in [1.165, 1.54) is 45.4 Å². The second-order valence-corrected chi connectivity index (χ2v) is 14.7. The average molecular weight is 556 g/mol. The van der Waals surface area contributed by atoms with E-state index in [4.69, 9.17) is 19.9 Å². The first-order chi connectivity index (χ1) is 18.9. The summed E-state index contributed by atoms with van der Waals surface area (Å²) in [6, 6.07) is 0. The van der Waals surface area contributed by atoms with Crippen LogP contribution in [0.2, 0.25) is 0 Å². The third kappa shape index (κ3) is 4.51. The van der Waals surface area contributed by atoms with Crippen LogP contribution >= 0.6 is 0 Å². The van der Waals surface area contributed by atoms with Crippen molar-refractivity contribution in [2.45, 2.75) is 119 Å². The van der Waals surface area contributed by atoms with Crippen LogP contribution in [0.25, 0.3) is 0 Å². The molecule has 0 unspecified atom stereocenters. The standard InChI is InChI=1S/C34H53NO5/c1-8-38-31(37)29-30(35)40-27-19-34(29)18-23(39-22(5)36)14-17-33(34,7)26-15-16-32(6)24(12-13-25(32)28(26)27)21(4)11-9-10-20(2)3/h19-21,23-26,28H,8-18,35H2,1-7H3/t21-,23+,24-,25+,26+,28+,32-,33-,34+/m1/s1. The highest BCUT2D eigenvalue weighted by Crippen LogP contribution is 2.73. The van der Waals surface area contributed by atoms with Crippen molar-refractivity contribution in [3.05, 3.63) is 23.3 Å². The van der Waals surface area contributed by atoms with Gasteiger partial charge >= 0.3 is 11.9 Å². The van der Waals surface area contributed by atoms with Crippen molar-refractivity contribution in [2.24, 2.45) is 57.5 Å². The van der Waals surface area contributed by atoms with Crippen LogP contribution < -0.4 is 5.73 Å². The van der Waals surface area contributed by atoms with Gasteiger partial charge in [0, 0.05) is 18.3 Å². The maximum atomic E-state index is 13.5. The fraction of sp³-hybridized carbons (Fsp3) is 0.824. The highest BCUT2D eigenvalue weighted by Gasteiger charge is 2.69. The van der Waals surface area contributed by atoms with Crippen LogP contribution in [0.3, 0.4) is 0 Å². The van der Waals surface area contributed by atoms with E-state index >= 15 is 0 Å². The molecule has 1 spiro atoms. The van der Waals surface area contributed by atoms with Gasteiger partial charge in [-0.1, -0.05) is 53.9 Å². The molecule has 0 aromatic carbocycles. The van der Waals surface area contributed by atoms with Gasteiger partial charge in [-0.2, -0.15) is 0 Å². The molecule has 5 aliphatic rings. The zero-order valence-corrected chi connectivity index (χ0v) is 26.0. The lowest BCUT2D eigenvalue weighted by atomic mass is 9.39. The van der Waals surface area contributed by atoms with Gasteiger partial charge in [0.25, 0.3) is 0 Å². The van der Waals surface area contributed by atoms with Gasteiger partial charge in [0.1, 0.15) is 17.4 Å². The number of esters is 2. The Morgan fingerprint density at radius 3 is 2.50 bits per heavy atom. The molecule has 9 atom stereocenters. The molecule has 6 heteroatoms. The lowest BCUT2D eigenvalue weighted by Crippen LogP contribution is -2.62. The van der Waals surface area contributed by atoms with E-state index in [9.17, 15) is 9.59 Å². The summed E-state index contributed by atoms with van der Waals surface area (Å²) in [4.78, 5) is 25.5. The summed E-state index contributed by atoms with van der Waals surface area (Å²) in [6.07, 6.45) is 13.0. The molecule has 3 fully saturated rings. The van der Waals surface area contributed by atoms with Crippen LogP contribution in [0.4, 0.5) is 0 Å². The van der Waals surface area contributed by atoms with Crippen molar-refractivity contribution in [1.29, 1.82) is 0 Å². The van der Waals surface area contributed by atoms with Gasteiger partial charge in [0.2, 0.25) is 5.88 Å². The van der Waals surface area contributed by atoms with E-state index < -0.39 is 11.4 Å². The predicted molar refractivity (Wildman–Crippen MR) is 155 cm³/mol. The van der Waals surface area contributed by atoms with Crippen LogP contribution in [0.1, 0.15) is 113 Å². The molecular formula is C34H53NO5. The Balaban J connectivity index is 1.52. The van der Waals surface area contributed by atoms with Gasteiger partial charge in [0.15, 0.2) is 0 Å². The number of hydrogen-bond donors (Lipinski definition) is 1. The molecule has 40 heavy (non-hydrogen) atoms. The Hall–Kier alpha value is -1.98. The SMILES string of the molecule is CCOC(=O)C1=C(N)OC2=C[C@@]13C[C@@H](OC(C)=O)CC[C@]3(C)[C@H]1CC[C@]3(C)[C@@H]([C@H](C)CCCC(C)C)CC[C@H]3[C@H]21. The third-order valence-electron chi connectivity index (χ3n) is 12.3. The van der Waals surface area contributed by atoms with Gasteiger partial charge in [-0.25, -0.2) is 4.79 Å². The monoisotopic (exact) mass is 555 g/mol. The molecule has 1 heterocycles. The van der Waals surface area contributed by atoms with Crippen molar-refractivity contribution in [1.82, 2.24) is 0 Å². The topological polar surface area (TPSA) is 87.8 Å². The molecule has 0 aromatic rings. The summed E-state index contributed by atoms with van der Waals surface area (Å²) in [5.74, 6) is 3.93. The molecule has 224 valence electrons. The molecule has 4 aliphatic carbocycles. The summed E-state index contributed by atoms with van der Waals surface area (Å²) < 4.78 is 17.8. The first-order valence-electron chi connectivity index (χ1n) is 16.1. The first-order valence-corrected chi connectivity index (χ1v) is 16.1. The number of hydrogen-bond acceptors (Lipinski definition) is 6. The van der Waals surface area contributed by atoms with Crippen molar-refractivity contribution in [3.8, 4) is 0 Å². The van der Waals surface area contributed by atoms with E-state index in [1.54, 1.807) is 0 Å². The number of rotatable bonds is 8. The minimum absolute atomic E-state index is 0.188. The van der Waals surface area contributed by atoms with Crippen LogP contribution in [-0.4, -0.2) is 24.6 Å². The molecular weight excluding hydrogens is 502 g/mol. The maximum absolute atomic E-state index is 13.5. The van der Waals surface area contributed by atoms with E-state index in [0.717, 1.165) is 42.8 Å². The molecule has 2 N–H and O–H groups in total. The Morgan fingerprint density at radius 1 is 1.07 bits per heavy atom. The second-order valence-electron chi connectivity index (χ2n) is 14.7. The molecule has 6 nitrogen and oxygen atoms in total. The van der Waals surface area contributed by atoms with Crippen LogP contribution in [-0.2, 0) is 23.8 Å².